The van der Waals surface area contributed by atoms with Crippen molar-refractivity contribution in [2.24, 2.45) is 0 Å². The molecule has 2 N–H and O–H groups in total. The van der Waals surface area contributed by atoms with E-state index >= 15 is 0 Å². The summed E-state index contributed by atoms with van der Waals surface area (Å²) < 4.78 is 44.5. The van der Waals surface area contributed by atoms with Crippen LogP contribution in [0.3, 0.4) is 0 Å². The number of aromatic nitrogens is 2. The molecule has 1 amide bonds. The van der Waals surface area contributed by atoms with E-state index in [0.717, 1.165) is 12.8 Å². The van der Waals surface area contributed by atoms with Gasteiger partial charge in [-0.3, -0.25) is 4.79 Å². The fourth-order valence-electron chi connectivity index (χ4n) is 2.23. The number of alkyl halides is 3. The zero-order valence-electron chi connectivity index (χ0n) is 10.5. The third-order valence-electron chi connectivity index (χ3n) is 3.65. The minimum atomic E-state index is -4.51. The largest absolute Gasteiger partial charge is 0.404 e. The Balaban J connectivity index is 1.85. The second-order valence-electron chi connectivity index (χ2n) is 5.18. The van der Waals surface area contributed by atoms with E-state index in [0.29, 0.717) is 0 Å². The smallest absolute Gasteiger partial charge is 0.346 e. The van der Waals surface area contributed by atoms with Crippen molar-refractivity contribution in [1.29, 1.82) is 0 Å². The van der Waals surface area contributed by atoms with Crippen LogP contribution in [0.25, 0.3) is 0 Å². The maximum Gasteiger partial charge on any atom is 0.404 e. The highest BCUT2D eigenvalue weighted by atomic mass is 19.4. The van der Waals surface area contributed by atoms with Gasteiger partial charge in [-0.15, -0.1) is 0 Å². The first-order valence-electron chi connectivity index (χ1n) is 6.35. The summed E-state index contributed by atoms with van der Waals surface area (Å²) in [5.74, 6) is -1.48. The summed E-state index contributed by atoms with van der Waals surface area (Å²) in [5, 5.41) is 8.63. The molecule has 1 atom stereocenters. The van der Waals surface area contributed by atoms with Gasteiger partial charge < -0.3 is 15.2 Å². The molecule has 110 valence electrons. The molecule has 0 aromatic carbocycles. The van der Waals surface area contributed by atoms with Gasteiger partial charge in [0.1, 0.15) is 0 Å². The fourth-order valence-corrected chi connectivity index (χ4v) is 2.23. The Morgan fingerprint density at radius 2 is 2.20 bits per heavy atom. The van der Waals surface area contributed by atoms with Crippen molar-refractivity contribution in [2.75, 3.05) is 13.1 Å². The summed E-state index contributed by atoms with van der Waals surface area (Å²) >= 11 is 0. The average molecular weight is 290 g/mol. The number of hydrogen-bond acceptors (Lipinski definition) is 5. The highest BCUT2D eigenvalue weighted by Gasteiger charge is 2.61. The standard InChI is InChI=1S/C11H13F3N4O2/c12-11(13,14)10(3-4-15-5-10)9-17-7(18-20-9)8(19)16-6-1-2-6/h6,15H,1-5H2,(H,16,19). The van der Waals surface area contributed by atoms with Crippen LogP contribution in [0, 0.1) is 0 Å². The highest BCUT2D eigenvalue weighted by molar-refractivity contribution is 5.90. The number of rotatable bonds is 3. The molecule has 6 nitrogen and oxygen atoms in total. The van der Waals surface area contributed by atoms with Gasteiger partial charge in [0, 0.05) is 12.6 Å². The third kappa shape index (κ3) is 2.15. The molecule has 1 unspecified atom stereocenters. The number of halogens is 3. The maximum atomic E-state index is 13.3. The second kappa shape index (κ2) is 4.44. The van der Waals surface area contributed by atoms with E-state index in [2.05, 4.69) is 20.8 Å². The van der Waals surface area contributed by atoms with Crippen molar-refractivity contribution in [3.63, 3.8) is 0 Å². The van der Waals surface area contributed by atoms with Gasteiger partial charge in [0.05, 0.1) is 0 Å². The molecule has 20 heavy (non-hydrogen) atoms. The van der Waals surface area contributed by atoms with E-state index in [-0.39, 0.29) is 31.4 Å². The van der Waals surface area contributed by atoms with Gasteiger partial charge in [0.25, 0.3) is 11.7 Å². The molecule has 1 aromatic rings. The highest BCUT2D eigenvalue weighted by Crippen LogP contribution is 2.44. The topological polar surface area (TPSA) is 80.0 Å². The average Bonchev–Trinajstić information content (AvgIpc) is 2.91. The van der Waals surface area contributed by atoms with E-state index < -0.39 is 23.4 Å². The van der Waals surface area contributed by atoms with Crippen molar-refractivity contribution < 1.29 is 22.5 Å². The lowest BCUT2D eigenvalue weighted by Gasteiger charge is -2.26. The summed E-state index contributed by atoms with van der Waals surface area (Å²) in [7, 11) is 0. The first-order valence-corrected chi connectivity index (χ1v) is 6.35. The molecule has 1 saturated heterocycles. The van der Waals surface area contributed by atoms with Crippen LogP contribution in [-0.4, -0.2) is 41.4 Å². The monoisotopic (exact) mass is 290 g/mol. The van der Waals surface area contributed by atoms with Crippen molar-refractivity contribution >= 4 is 5.91 Å². The molecule has 1 saturated carbocycles. The van der Waals surface area contributed by atoms with E-state index in [9.17, 15) is 18.0 Å². The number of nitrogens with one attached hydrogen (secondary N) is 2. The number of nitrogens with zero attached hydrogens (tertiary/aromatic N) is 2. The van der Waals surface area contributed by atoms with Crippen LogP contribution in [0.1, 0.15) is 35.8 Å². The SMILES string of the molecule is O=C(NC1CC1)c1noc(C2(C(F)(F)F)CCNC2)n1. The molecule has 1 aliphatic carbocycles. The first-order chi connectivity index (χ1) is 9.42. The normalized spacial score (nSPS) is 26.8. The lowest BCUT2D eigenvalue weighted by Crippen LogP contribution is -2.44. The Bertz CT molecular complexity index is 518. The molecule has 2 heterocycles. The summed E-state index contributed by atoms with van der Waals surface area (Å²) in [5.41, 5.74) is -2.20. The van der Waals surface area contributed by atoms with E-state index in [1.807, 2.05) is 0 Å². The predicted molar refractivity (Wildman–Crippen MR) is 60.0 cm³/mol. The molecule has 1 aromatic heterocycles. The molecule has 2 fully saturated rings. The van der Waals surface area contributed by atoms with Crippen molar-refractivity contribution in [2.45, 2.75) is 36.9 Å². The quantitative estimate of drug-likeness (QED) is 0.859. The Labute approximate surface area is 112 Å². The van der Waals surface area contributed by atoms with Gasteiger partial charge in [0.2, 0.25) is 5.89 Å². The number of carbonyl (C=O) groups is 1. The van der Waals surface area contributed by atoms with Gasteiger partial charge in [-0.25, -0.2) is 0 Å². The van der Waals surface area contributed by atoms with Crippen LogP contribution in [0.2, 0.25) is 0 Å². The van der Waals surface area contributed by atoms with Crippen LogP contribution < -0.4 is 10.6 Å². The van der Waals surface area contributed by atoms with Crippen LogP contribution >= 0.6 is 0 Å². The first kappa shape index (κ1) is 13.3. The second-order valence-corrected chi connectivity index (χ2v) is 5.18. The molecule has 3 rings (SSSR count). The molecule has 9 heteroatoms. The van der Waals surface area contributed by atoms with Gasteiger partial charge in [-0.2, -0.15) is 18.2 Å². The summed E-state index contributed by atoms with van der Waals surface area (Å²) in [6, 6.07) is 0.0779. The van der Waals surface area contributed by atoms with Crippen molar-refractivity contribution in [3.8, 4) is 0 Å². The van der Waals surface area contributed by atoms with E-state index in [1.54, 1.807) is 0 Å². The minimum absolute atomic E-state index is 0.0779. The molecular formula is C11H13F3N4O2. The van der Waals surface area contributed by atoms with Crippen LogP contribution in [0.15, 0.2) is 4.52 Å². The Morgan fingerprint density at radius 3 is 2.75 bits per heavy atom. The lowest BCUT2D eigenvalue weighted by molar-refractivity contribution is -0.191. The van der Waals surface area contributed by atoms with Crippen LogP contribution in [0.4, 0.5) is 13.2 Å². The zero-order chi connectivity index (χ0) is 14.4. The summed E-state index contributed by atoms with van der Waals surface area (Å²) in [6.07, 6.45) is -2.95. The Kier molecular flexibility index (Phi) is 2.96. The molecule has 0 radical (unpaired) electrons. The molecule has 2 aliphatic rings. The number of amides is 1. The number of hydrogen-bond donors (Lipinski definition) is 2. The Hall–Kier alpha value is -1.64. The third-order valence-corrected chi connectivity index (χ3v) is 3.65. The predicted octanol–water partition coefficient (Wildman–Crippen LogP) is 0.755. The van der Waals surface area contributed by atoms with Crippen LogP contribution in [0.5, 0.6) is 0 Å². The summed E-state index contributed by atoms with van der Waals surface area (Å²) in [6.45, 7) is -0.103. The van der Waals surface area contributed by atoms with E-state index in [1.165, 1.54) is 0 Å². The van der Waals surface area contributed by atoms with Gasteiger partial charge in [0.15, 0.2) is 5.41 Å². The Morgan fingerprint density at radius 1 is 1.45 bits per heavy atom. The molecule has 1 aliphatic heterocycles. The van der Waals surface area contributed by atoms with Crippen molar-refractivity contribution in [3.05, 3.63) is 11.7 Å². The lowest BCUT2D eigenvalue weighted by atomic mass is 9.86. The summed E-state index contributed by atoms with van der Waals surface area (Å²) in [4.78, 5) is 15.3. The number of carbonyl (C=O) groups excluding carboxylic acids is 1. The van der Waals surface area contributed by atoms with E-state index in [4.69, 9.17) is 4.52 Å². The minimum Gasteiger partial charge on any atom is -0.346 e. The molecule has 0 spiro atoms. The maximum absolute atomic E-state index is 13.3. The van der Waals surface area contributed by atoms with Crippen molar-refractivity contribution in [1.82, 2.24) is 20.8 Å². The van der Waals surface area contributed by atoms with Gasteiger partial charge in [-0.1, -0.05) is 5.16 Å². The zero-order valence-corrected chi connectivity index (χ0v) is 10.5. The van der Waals surface area contributed by atoms with Gasteiger partial charge in [-0.05, 0) is 25.8 Å². The van der Waals surface area contributed by atoms with Crippen LogP contribution in [-0.2, 0) is 5.41 Å². The molecular weight excluding hydrogens is 277 g/mol. The molecule has 0 bridgehead atoms. The van der Waals surface area contributed by atoms with Gasteiger partial charge >= 0.3 is 6.18 Å². The fraction of sp³-hybridized carbons (Fsp3) is 0.727.